The van der Waals surface area contributed by atoms with Crippen molar-refractivity contribution in [1.82, 2.24) is 10.6 Å². The average molecular weight is 238 g/mol. The summed E-state index contributed by atoms with van der Waals surface area (Å²) in [5.74, 6) is 1.59. The Hall–Kier alpha value is -0.570. The molecule has 3 nitrogen and oxygen atoms in total. The molecule has 2 N–H and O–H groups in total. The van der Waals surface area contributed by atoms with E-state index < -0.39 is 0 Å². The van der Waals surface area contributed by atoms with Crippen LogP contribution in [0.25, 0.3) is 0 Å². The van der Waals surface area contributed by atoms with Gasteiger partial charge in [-0.25, -0.2) is 0 Å². The highest BCUT2D eigenvalue weighted by Crippen LogP contribution is 2.30. The normalized spacial score (nSPS) is 33.9. The predicted molar refractivity (Wildman–Crippen MR) is 69.8 cm³/mol. The van der Waals surface area contributed by atoms with Crippen molar-refractivity contribution < 1.29 is 4.79 Å². The van der Waals surface area contributed by atoms with E-state index in [1.54, 1.807) is 0 Å². The zero-order valence-electron chi connectivity index (χ0n) is 11.2. The first-order chi connectivity index (χ1) is 8.18. The average Bonchev–Trinajstić information content (AvgIpc) is 2.83. The van der Waals surface area contributed by atoms with Crippen LogP contribution in [0.3, 0.4) is 0 Å². The fourth-order valence-corrected chi connectivity index (χ4v) is 3.33. The van der Waals surface area contributed by atoms with Crippen LogP contribution in [0, 0.1) is 11.8 Å². The molecule has 2 rings (SSSR count). The van der Waals surface area contributed by atoms with Crippen LogP contribution in [-0.4, -0.2) is 24.5 Å². The van der Waals surface area contributed by atoms with Crippen LogP contribution >= 0.6 is 0 Å². The molecule has 1 saturated carbocycles. The number of hydrogen-bond donors (Lipinski definition) is 2. The van der Waals surface area contributed by atoms with Crippen molar-refractivity contribution >= 4 is 5.91 Å². The van der Waals surface area contributed by atoms with Gasteiger partial charge >= 0.3 is 0 Å². The fourth-order valence-electron chi connectivity index (χ4n) is 3.33. The Morgan fingerprint density at radius 3 is 2.59 bits per heavy atom. The van der Waals surface area contributed by atoms with Gasteiger partial charge in [0.25, 0.3) is 0 Å². The van der Waals surface area contributed by atoms with E-state index >= 15 is 0 Å². The van der Waals surface area contributed by atoms with Gasteiger partial charge in [-0.3, -0.25) is 4.79 Å². The lowest BCUT2D eigenvalue weighted by Gasteiger charge is -2.35. The van der Waals surface area contributed by atoms with Gasteiger partial charge in [0, 0.05) is 6.04 Å². The van der Waals surface area contributed by atoms with E-state index in [1.165, 1.54) is 25.7 Å². The second kappa shape index (κ2) is 5.85. The summed E-state index contributed by atoms with van der Waals surface area (Å²) in [6.45, 7) is 5.56. The Labute approximate surface area is 105 Å². The minimum Gasteiger partial charge on any atom is -0.352 e. The molecule has 2 aliphatic rings. The summed E-state index contributed by atoms with van der Waals surface area (Å²) in [6, 6.07) is 0.489. The number of rotatable bonds is 3. The van der Waals surface area contributed by atoms with Crippen molar-refractivity contribution in [3.8, 4) is 0 Å². The topological polar surface area (TPSA) is 41.1 Å². The fraction of sp³-hybridized carbons (Fsp3) is 0.929. The Morgan fingerprint density at radius 2 is 1.94 bits per heavy atom. The summed E-state index contributed by atoms with van der Waals surface area (Å²) < 4.78 is 0. The summed E-state index contributed by atoms with van der Waals surface area (Å²) in [6.07, 6.45) is 7.19. The minimum atomic E-state index is 0.0738. The molecule has 1 aliphatic heterocycles. The van der Waals surface area contributed by atoms with Crippen molar-refractivity contribution in [2.24, 2.45) is 11.8 Å². The third kappa shape index (κ3) is 3.21. The molecule has 0 aromatic rings. The first kappa shape index (κ1) is 12.9. The van der Waals surface area contributed by atoms with Crippen molar-refractivity contribution in [2.45, 2.75) is 64.5 Å². The summed E-state index contributed by atoms with van der Waals surface area (Å²) in [4.78, 5) is 12.1. The van der Waals surface area contributed by atoms with Crippen LogP contribution in [0.4, 0.5) is 0 Å². The molecule has 2 fully saturated rings. The number of carbonyl (C=O) groups is 1. The number of nitrogens with one attached hydrogen (secondary N) is 2. The molecular formula is C14H26N2O. The Bertz CT molecular complexity index is 259. The lowest BCUT2D eigenvalue weighted by Crippen LogP contribution is -2.49. The SMILES string of the molecule is CC(C)C1CCCCC1NC(=O)[C@@H]1CCCN1. The van der Waals surface area contributed by atoms with Gasteiger partial charge in [0.15, 0.2) is 0 Å². The van der Waals surface area contributed by atoms with E-state index in [0.717, 1.165) is 19.4 Å². The van der Waals surface area contributed by atoms with Gasteiger partial charge in [-0.05, 0) is 44.1 Å². The summed E-state index contributed by atoms with van der Waals surface area (Å²) in [5, 5.41) is 6.57. The zero-order valence-corrected chi connectivity index (χ0v) is 11.2. The molecule has 1 aliphatic carbocycles. The van der Waals surface area contributed by atoms with Crippen LogP contribution in [0.1, 0.15) is 52.4 Å². The lowest BCUT2D eigenvalue weighted by atomic mass is 9.78. The van der Waals surface area contributed by atoms with Gasteiger partial charge < -0.3 is 10.6 Å². The maximum Gasteiger partial charge on any atom is 0.237 e. The number of hydrogen-bond acceptors (Lipinski definition) is 2. The Kier molecular flexibility index (Phi) is 4.43. The van der Waals surface area contributed by atoms with Crippen molar-refractivity contribution in [1.29, 1.82) is 0 Å². The quantitative estimate of drug-likeness (QED) is 0.790. The minimum absolute atomic E-state index is 0.0738. The van der Waals surface area contributed by atoms with E-state index in [-0.39, 0.29) is 11.9 Å². The van der Waals surface area contributed by atoms with Gasteiger partial charge in [-0.15, -0.1) is 0 Å². The zero-order chi connectivity index (χ0) is 12.3. The molecule has 3 atom stereocenters. The largest absolute Gasteiger partial charge is 0.352 e. The molecule has 2 unspecified atom stereocenters. The summed E-state index contributed by atoms with van der Waals surface area (Å²) in [5.41, 5.74) is 0. The smallest absolute Gasteiger partial charge is 0.237 e. The van der Waals surface area contributed by atoms with Crippen LogP contribution in [-0.2, 0) is 4.79 Å². The molecule has 1 saturated heterocycles. The molecule has 1 heterocycles. The second-order valence-electron chi connectivity index (χ2n) is 5.96. The first-order valence-electron chi connectivity index (χ1n) is 7.22. The maximum atomic E-state index is 12.1. The third-order valence-corrected chi connectivity index (χ3v) is 4.38. The van der Waals surface area contributed by atoms with Crippen LogP contribution < -0.4 is 10.6 Å². The van der Waals surface area contributed by atoms with Crippen molar-refractivity contribution in [3.63, 3.8) is 0 Å². The highest BCUT2D eigenvalue weighted by molar-refractivity contribution is 5.82. The number of carbonyl (C=O) groups excluding carboxylic acids is 1. The van der Waals surface area contributed by atoms with Crippen LogP contribution in [0.15, 0.2) is 0 Å². The van der Waals surface area contributed by atoms with Crippen molar-refractivity contribution in [3.05, 3.63) is 0 Å². The van der Waals surface area contributed by atoms with Crippen molar-refractivity contribution in [2.75, 3.05) is 6.54 Å². The maximum absolute atomic E-state index is 12.1. The summed E-state index contributed by atoms with van der Waals surface area (Å²) >= 11 is 0. The highest BCUT2D eigenvalue weighted by Gasteiger charge is 2.31. The predicted octanol–water partition coefficient (Wildman–Crippen LogP) is 2.07. The third-order valence-electron chi connectivity index (χ3n) is 4.38. The molecule has 0 aromatic heterocycles. The Balaban J connectivity index is 1.88. The summed E-state index contributed by atoms with van der Waals surface area (Å²) in [7, 11) is 0. The molecule has 17 heavy (non-hydrogen) atoms. The standard InChI is InChI=1S/C14H26N2O/c1-10(2)11-6-3-4-7-12(11)16-14(17)13-8-5-9-15-13/h10-13,15H,3-9H2,1-2H3,(H,16,17)/t11?,12?,13-/m0/s1. The van der Waals surface area contributed by atoms with Gasteiger partial charge in [-0.2, -0.15) is 0 Å². The molecular weight excluding hydrogens is 212 g/mol. The van der Waals surface area contributed by atoms with Crippen LogP contribution in [0.2, 0.25) is 0 Å². The molecule has 3 heteroatoms. The Morgan fingerprint density at radius 1 is 1.18 bits per heavy atom. The van der Waals surface area contributed by atoms with E-state index in [9.17, 15) is 4.79 Å². The van der Waals surface area contributed by atoms with E-state index in [1.807, 2.05) is 0 Å². The monoisotopic (exact) mass is 238 g/mol. The molecule has 98 valence electrons. The van der Waals surface area contributed by atoms with Gasteiger partial charge in [0.1, 0.15) is 0 Å². The second-order valence-corrected chi connectivity index (χ2v) is 5.96. The molecule has 0 spiro atoms. The van der Waals surface area contributed by atoms with E-state index in [2.05, 4.69) is 24.5 Å². The molecule has 0 bridgehead atoms. The molecule has 1 amide bonds. The van der Waals surface area contributed by atoms with Gasteiger partial charge in [0.2, 0.25) is 5.91 Å². The van der Waals surface area contributed by atoms with E-state index in [0.29, 0.717) is 17.9 Å². The lowest BCUT2D eigenvalue weighted by molar-refractivity contribution is -0.124. The van der Waals surface area contributed by atoms with Gasteiger partial charge in [0.05, 0.1) is 6.04 Å². The number of amides is 1. The molecule has 0 aromatic carbocycles. The molecule has 0 radical (unpaired) electrons. The van der Waals surface area contributed by atoms with E-state index in [4.69, 9.17) is 0 Å². The first-order valence-corrected chi connectivity index (χ1v) is 7.22. The highest BCUT2D eigenvalue weighted by atomic mass is 16.2. The van der Waals surface area contributed by atoms with Gasteiger partial charge in [-0.1, -0.05) is 26.7 Å². The van der Waals surface area contributed by atoms with Crippen LogP contribution in [0.5, 0.6) is 0 Å².